The molecule has 0 aliphatic heterocycles. The number of nitrogens with one attached hydrogen (secondary N) is 1. The molecule has 0 heterocycles. The first kappa shape index (κ1) is 14.6. The van der Waals surface area contributed by atoms with E-state index in [1.165, 1.54) is 0 Å². The fourth-order valence-corrected chi connectivity index (χ4v) is 1.34. The topological polar surface area (TPSA) is 38.3 Å². The fraction of sp³-hybridized carbons (Fsp3) is 0.357. The molecule has 0 unspecified atom stereocenters. The summed E-state index contributed by atoms with van der Waals surface area (Å²) in [7, 11) is 0. The minimum atomic E-state index is -0.188. The van der Waals surface area contributed by atoms with Gasteiger partial charge in [0.15, 0.2) is 0 Å². The number of halogens is 1. The normalized spacial score (nSPS) is 10.2. The van der Waals surface area contributed by atoms with Crippen LogP contribution in [0.3, 0.4) is 0 Å². The molecule has 0 bridgehead atoms. The van der Waals surface area contributed by atoms with Crippen molar-refractivity contribution >= 4 is 17.5 Å². The van der Waals surface area contributed by atoms with Crippen LogP contribution < -0.4 is 10.1 Å². The molecule has 3 nitrogen and oxygen atoms in total. The van der Waals surface area contributed by atoms with E-state index >= 15 is 0 Å². The Kier molecular flexibility index (Phi) is 5.72. The molecule has 1 amide bonds. The van der Waals surface area contributed by atoms with E-state index in [1.807, 2.05) is 6.07 Å². The SMILES string of the molecule is C=C(Cl)CNC(=O)c1cccc(OCC(C)C)c1. The molecule has 0 aromatic heterocycles. The second-order valence-corrected chi connectivity index (χ2v) is 4.97. The Morgan fingerprint density at radius 3 is 2.83 bits per heavy atom. The van der Waals surface area contributed by atoms with Crippen molar-refractivity contribution in [3.8, 4) is 5.75 Å². The Hall–Kier alpha value is -1.48. The third-order valence-electron chi connectivity index (χ3n) is 2.12. The summed E-state index contributed by atoms with van der Waals surface area (Å²) in [5, 5.41) is 3.06. The zero-order chi connectivity index (χ0) is 13.5. The third kappa shape index (κ3) is 5.23. The molecule has 1 aromatic rings. The van der Waals surface area contributed by atoms with Crippen LogP contribution >= 0.6 is 11.6 Å². The molecule has 1 N–H and O–H groups in total. The maximum Gasteiger partial charge on any atom is 0.251 e. The molecule has 1 rings (SSSR count). The van der Waals surface area contributed by atoms with Crippen molar-refractivity contribution in [1.82, 2.24) is 5.32 Å². The predicted molar refractivity (Wildman–Crippen MR) is 74.1 cm³/mol. The summed E-state index contributed by atoms with van der Waals surface area (Å²) in [6, 6.07) is 7.07. The van der Waals surface area contributed by atoms with Crippen LogP contribution in [0.15, 0.2) is 35.9 Å². The van der Waals surface area contributed by atoms with Gasteiger partial charge in [-0.25, -0.2) is 0 Å². The maximum atomic E-state index is 11.8. The van der Waals surface area contributed by atoms with E-state index in [-0.39, 0.29) is 12.5 Å². The van der Waals surface area contributed by atoms with Gasteiger partial charge in [-0.1, -0.05) is 38.1 Å². The van der Waals surface area contributed by atoms with Gasteiger partial charge in [-0.05, 0) is 24.1 Å². The van der Waals surface area contributed by atoms with E-state index in [9.17, 15) is 4.79 Å². The van der Waals surface area contributed by atoms with Crippen LogP contribution in [0.4, 0.5) is 0 Å². The molecular weight excluding hydrogens is 250 g/mol. The summed E-state index contributed by atoms with van der Waals surface area (Å²) < 4.78 is 5.56. The van der Waals surface area contributed by atoms with Crippen molar-refractivity contribution in [1.29, 1.82) is 0 Å². The van der Waals surface area contributed by atoms with Gasteiger partial charge < -0.3 is 10.1 Å². The molecule has 98 valence electrons. The molecule has 0 aliphatic carbocycles. The standard InChI is InChI=1S/C14H18ClNO2/c1-10(2)9-18-13-6-4-5-12(7-13)14(17)16-8-11(3)15/h4-7,10H,3,8-9H2,1-2H3,(H,16,17). The van der Waals surface area contributed by atoms with Crippen LogP contribution in [-0.2, 0) is 0 Å². The Bertz CT molecular complexity index is 430. The van der Waals surface area contributed by atoms with E-state index < -0.39 is 0 Å². The van der Waals surface area contributed by atoms with Gasteiger partial charge in [-0.3, -0.25) is 4.79 Å². The molecule has 18 heavy (non-hydrogen) atoms. The van der Waals surface area contributed by atoms with E-state index in [0.717, 1.165) is 0 Å². The zero-order valence-corrected chi connectivity index (χ0v) is 11.5. The predicted octanol–water partition coefficient (Wildman–Crippen LogP) is 3.20. The number of ether oxygens (including phenoxy) is 1. The Labute approximate surface area is 113 Å². The van der Waals surface area contributed by atoms with Crippen molar-refractivity contribution in [2.45, 2.75) is 13.8 Å². The molecule has 0 aliphatic rings. The number of amides is 1. The summed E-state index contributed by atoms with van der Waals surface area (Å²) in [5.74, 6) is 0.954. The van der Waals surface area contributed by atoms with Crippen molar-refractivity contribution in [2.75, 3.05) is 13.2 Å². The highest BCUT2D eigenvalue weighted by Crippen LogP contribution is 2.14. The summed E-state index contributed by atoms with van der Waals surface area (Å²) in [4.78, 5) is 11.8. The van der Waals surface area contributed by atoms with Gasteiger partial charge in [0.2, 0.25) is 0 Å². The second-order valence-electron chi connectivity index (χ2n) is 4.43. The highest BCUT2D eigenvalue weighted by molar-refractivity contribution is 6.29. The van der Waals surface area contributed by atoms with E-state index in [1.54, 1.807) is 18.2 Å². The molecule has 1 aromatic carbocycles. The molecule has 0 spiro atoms. The second kappa shape index (κ2) is 7.07. The van der Waals surface area contributed by atoms with Crippen molar-refractivity contribution in [3.63, 3.8) is 0 Å². The molecular formula is C14H18ClNO2. The van der Waals surface area contributed by atoms with Gasteiger partial charge >= 0.3 is 0 Å². The lowest BCUT2D eigenvalue weighted by molar-refractivity contribution is 0.0957. The first-order valence-corrected chi connectivity index (χ1v) is 6.21. The molecule has 0 saturated heterocycles. The van der Waals surface area contributed by atoms with E-state index in [4.69, 9.17) is 16.3 Å². The average molecular weight is 268 g/mol. The van der Waals surface area contributed by atoms with Crippen molar-refractivity contribution < 1.29 is 9.53 Å². The largest absolute Gasteiger partial charge is 0.493 e. The van der Waals surface area contributed by atoms with Gasteiger partial charge in [0, 0.05) is 10.6 Å². The quantitative estimate of drug-likeness (QED) is 0.860. The minimum Gasteiger partial charge on any atom is -0.493 e. The number of rotatable bonds is 6. The summed E-state index contributed by atoms with van der Waals surface area (Å²) in [6.45, 7) is 8.55. The summed E-state index contributed by atoms with van der Waals surface area (Å²) in [5.41, 5.74) is 0.550. The molecule has 0 saturated carbocycles. The number of hydrogen-bond donors (Lipinski definition) is 1. The van der Waals surface area contributed by atoms with Crippen LogP contribution in [-0.4, -0.2) is 19.1 Å². The van der Waals surface area contributed by atoms with Crippen LogP contribution in [0.2, 0.25) is 0 Å². The monoisotopic (exact) mass is 267 g/mol. The van der Waals surface area contributed by atoms with Crippen molar-refractivity contribution in [3.05, 3.63) is 41.4 Å². The van der Waals surface area contributed by atoms with Gasteiger partial charge in [0.25, 0.3) is 5.91 Å². The number of carbonyl (C=O) groups excluding carboxylic acids is 1. The Morgan fingerprint density at radius 1 is 1.50 bits per heavy atom. The Balaban J connectivity index is 2.63. The highest BCUT2D eigenvalue weighted by atomic mass is 35.5. The van der Waals surface area contributed by atoms with Crippen LogP contribution in [0.5, 0.6) is 5.75 Å². The lowest BCUT2D eigenvalue weighted by Gasteiger charge is -2.10. The van der Waals surface area contributed by atoms with Crippen LogP contribution in [0.1, 0.15) is 24.2 Å². The zero-order valence-electron chi connectivity index (χ0n) is 10.7. The number of hydrogen-bond acceptors (Lipinski definition) is 2. The smallest absolute Gasteiger partial charge is 0.251 e. The lowest BCUT2D eigenvalue weighted by atomic mass is 10.2. The third-order valence-corrected chi connectivity index (χ3v) is 2.25. The molecule has 0 atom stereocenters. The Morgan fingerprint density at radius 2 is 2.22 bits per heavy atom. The first-order chi connectivity index (χ1) is 8.49. The molecule has 4 heteroatoms. The molecule has 0 fully saturated rings. The van der Waals surface area contributed by atoms with E-state index in [0.29, 0.717) is 28.9 Å². The van der Waals surface area contributed by atoms with Gasteiger partial charge in [-0.15, -0.1) is 0 Å². The summed E-state index contributed by atoms with van der Waals surface area (Å²) in [6.07, 6.45) is 0. The number of benzene rings is 1. The van der Waals surface area contributed by atoms with Gasteiger partial charge in [0.1, 0.15) is 5.75 Å². The first-order valence-electron chi connectivity index (χ1n) is 5.83. The van der Waals surface area contributed by atoms with Crippen LogP contribution in [0, 0.1) is 5.92 Å². The number of carbonyl (C=O) groups is 1. The van der Waals surface area contributed by atoms with Crippen LogP contribution in [0.25, 0.3) is 0 Å². The minimum absolute atomic E-state index is 0.188. The lowest BCUT2D eigenvalue weighted by Crippen LogP contribution is -2.24. The van der Waals surface area contributed by atoms with Crippen molar-refractivity contribution in [2.24, 2.45) is 5.92 Å². The van der Waals surface area contributed by atoms with Gasteiger partial charge in [-0.2, -0.15) is 0 Å². The van der Waals surface area contributed by atoms with E-state index in [2.05, 4.69) is 25.7 Å². The maximum absolute atomic E-state index is 11.8. The van der Waals surface area contributed by atoms with Gasteiger partial charge in [0.05, 0.1) is 13.2 Å². The fourth-order valence-electron chi connectivity index (χ4n) is 1.27. The summed E-state index contributed by atoms with van der Waals surface area (Å²) >= 11 is 5.59. The average Bonchev–Trinajstić information content (AvgIpc) is 2.33. The molecule has 0 radical (unpaired) electrons. The highest BCUT2D eigenvalue weighted by Gasteiger charge is 2.06.